The normalized spacial score (nSPS) is 20.9. The van der Waals surface area contributed by atoms with Gasteiger partial charge in [-0.1, -0.05) is 13.8 Å². The third-order valence-electron chi connectivity index (χ3n) is 4.27. The molecule has 0 aromatic heterocycles. The zero-order valence-corrected chi connectivity index (χ0v) is 15.3. The number of nitrogens with zero attached hydrogens (tertiary/aromatic N) is 1. The zero-order valence-electron chi connectivity index (χ0n) is 14.3. The molecule has 0 bridgehead atoms. The molecule has 5 nitrogen and oxygen atoms in total. The molecule has 1 saturated heterocycles. The quantitative estimate of drug-likeness (QED) is 0.813. The Morgan fingerprint density at radius 1 is 1.33 bits per heavy atom. The molecule has 0 spiro atoms. The van der Waals surface area contributed by atoms with Crippen LogP contribution in [0, 0.1) is 5.92 Å². The lowest BCUT2D eigenvalue weighted by Gasteiger charge is -2.36. The lowest BCUT2D eigenvalue weighted by molar-refractivity contribution is -0.127. The van der Waals surface area contributed by atoms with Crippen molar-refractivity contribution in [3.8, 4) is 0 Å². The number of likely N-dealkylation sites (tertiary alicyclic amines) is 1. The molecule has 0 saturated carbocycles. The third-order valence-corrected chi connectivity index (χ3v) is 7.79. The Morgan fingerprint density at radius 3 is 2.29 bits per heavy atom. The summed E-state index contributed by atoms with van der Waals surface area (Å²) in [5.74, 6) is -0.0820. The predicted octanol–water partition coefficient (Wildman–Crippen LogP) is 3.14. The van der Waals surface area contributed by atoms with E-state index in [1.807, 2.05) is 26.9 Å². The van der Waals surface area contributed by atoms with Gasteiger partial charge in [0.1, 0.15) is 5.60 Å². The molecule has 0 aromatic carbocycles. The highest BCUT2D eigenvalue weighted by atomic mass is 28.4. The topological polar surface area (TPSA) is 66.8 Å². The van der Waals surface area contributed by atoms with Crippen LogP contribution in [0.2, 0.25) is 18.1 Å². The second-order valence-corrected chi connectivity index (χ2v) is 12.7. The molecule has 0 radical (unpaired) electrons. The molecular weight excluding hydrogens is 286 g/mol. The van der Waals surface area contributed by atoms with Crippen molar-refractivity contribution in [1.82, 2.24) is 4.90 Å². The van der Waals surface area contributed by atoms with Gasteiger partial charge in [0.2, 0.25) is 5.91 Å². The molecule has 1 aliphatic rings. The van der Waals surface area contributed by atoms with Crippen LogP contribution in [0.15, 0.2) is 0 Å². The Labute approximate surface area is 128 Å². The van der Waals surface area contributed by atoms with Gasteiger partial charge in [-0.3, -0.25) is 4.79 Å². The smallest absolute Gasteiger partial charge is 0.417 e. The Bertz CT molecular complexity index is 420. The molecule has 1 unspecified atom stereocenters. The molecule has 2 amide bonds. The number of imide groups is 1. The van der Waals surface area contributed by atoms with E-state index in [9.17, 15) is 14.4 Å². The monoisotopic (exact) mass is 315 g/mol. The first-order chi connectivity index (χ1) is 9.23. The Balaban J connectivity index is 2.69. The summed E-state index contributed by atoms with van der Waals surface area (Å²) in [7, 11) is -2.31. The first-order valence-electron chi connectivity index (χ1n) is 7.49. The van der Waals surface area contributed by atoms with Gasteiger partial charge in [0.25, 0.3) is 0 Å². The molecule has 1 atom stereocenters. The van der Waals surface area contributed by atoms with E-state index < -0.39 is 20.0 Å². The maximum atomic E-state index is 12.0. The summed E-state index contributed by atoms with van der Waals surface area (Å²) in [4.78, 5) is 35.6. The van der Waals surface area contributed by atoms with Gasteiger partial charge in [-0.05, 0) is 51.2 Å². The van der Waals surface area contributed by atoms with Crippen molar-refractivity contribution in [2.75, 3.05) is 6.54 Å². The van der Waals surface area contributed by atoms with Crippen molar-refractivity contribution in [3.05, 3.63) is 0 Å². The zero-order chi connectivity index (χ0) is 16.6. The number of hydrogen-bond donors (Lipinski definition) is 1. The van der Waals surface area contributed by atoms with E-state index >= 15 is 0 Å². The van der Waals surface area contributed by atoms with E-state index in [0.29, 0.717) is 13.0 Å². The average Bonchev–Trinajstić information content (AvgIpc) is 2.54. The summed E-state index contributed by atoms with van der Waals surface area (Å²) in [6.07, 6.45) is 0.536. The van der Waals surface area contributed by atoms with Crippen molar-refractivity contribution in [1.29, 1.82) is 0 Å². The molecule has 1 N–H and O–H groups in total. The standard InChI is InChI=1S/C15H29NO4Si/c1-14(2,3)20-13(18)16-10-11(8-12(16)17)9-15(4,5)21(6,7)19/h11,19H,8-10H2,1-7H3. The number of rotatable bonds is 3. The Hall–Kier alpha value is -0.883. The summed E-state index contributed by atoms with van der Waals surface area (Å²) < 4.78 is 5.26. The Kier molecular flexibility index (Phi) is 4.95. The van der Waals surface area contributed by atoms with Crippen molar-refractivity contribution < 1.29 is 19.1 Å². The molecule has 0 aromatic rings. The highest BCUT2D eigenvalue weighted by Gasteiger charge is 2.44. The fourth-order valence-corrected chi connectivity index (χ4v) is 3.17. The maximum Gasteiger partial charge on any atom is 0.417 e. The van der Waals surface area contributed by atoms with Crippen LogP contribution in [0.25, 0.3) is 0 Å². The van der Waals surface area contributed by atoms with Gasteiger partial charge < -0.3 is 9.53 Å². The summed E-state index contributed by atoms with van der Waals surface area (Å²) in [5.41, 5.74) is -0.602. The lowest BCUT2D eigenvalue weighted by Crippen LogP contribution is -2.41. The predicted molar refractivity (Wildman–Crippen MR) is 84.4 cm³/mol. The fraction of sp³-hybridized carbons (Fsp3) is 0.867. The number of hydrogen-bond acceptors (Lipinski definition) is 4. The second-order valence-electron chi connectivity index (χ2n) is 8.20. The van der Waals surface area contributed by atoms with Crippen LogP contribution in [0.5, 0.6) is 0 Å². The van der Waals surface area contributed by atoms with Crippen LogP contribution in [-0.4, -0.2) is 42.2 Å². The van der Waals surface area contributed by atoms with E-state index in [-0.39, 0.29) is 16.9 Å². The summed E-state index contributed by atoms with van der Waals surface area (Å²) in [5, 5.41) is -0.193. The van der Waals surface area contributed by atoms with Crippen molar-refractivity contribution in [2.45, 2.75) is 71.2 Å². The first kappa shape index (κ1) is 18.2. The molecular formula is C15H29NO4Si. The van der Waals surface area contributed by atoms with E-state index in [4.69, 9.17) is 4.74 Å². The number of ether oxygens (including phenoxy) is 1. The minimum absolute atomic E-state index is 0.0962. The van der Waals surface area contributed by atoms with E-state index in [0.717, 1.165) is 6.42 Å². The minimum Gasteiger partial charge on any atom is -0.443 e. The first-order valence-corrected chi connectivity index (χ1v) is 10.4. The van der Waals surface area contributed by atoms with Crippen molar-refractivity contribution >= 4 is 20.3 Å². The minimum atomic E-state index is -2.31. The van der Waals surface area contributed by atoms with Crippen LogP contribution >= 0.6 is 0 Å². The van der Waals surface area contributed by atoms with Crippen LogP contribution in [0.1, 0.15) is 47.5 Å². The van der Waals surface area contributed by atoms with Gasteiger partial charge in [-0.25, -0.2) is 9.69 Å². The average molecular weight is 315 g/mol. The third kappa shape index (κ3) is 4.81. The van der Waals surface area contributed by atoms with Crippen LogP contribution in [0.3, 0.4) is 0 Å². The Morgan fingerprint density at radius 2 is 1.86 bits per heavy atom. The molecule has 122 valence electrons. The highest BCUT2D eigenvalue weighted by molar-refractivity contribution is 6.72. The van der Waals surface area contributed by atoms with Gasteiger partial charge >= 0.3 is 6.09 Å². The summed E-state index contributed by atoms with van der Waals surface area (Å²) in [6.45, 7) is 13.6. The molecule has 1 aliphatic heterocycles. The van der Waals surface area contributed by atoms with Crippen molar-refractivity contribution in [2.24, 2.45) is 5.92 Å². The van der Waals surface area contributed by atoms with Gasteiger partial charge in [0, 0.05) is 13.0 Å². The van der Waals surface area contributed by atoms with E-state index in [2.05, 4.69) is 0 Å². The second kappa shape index (κ2) is 5.72. The van der Waals surface area contributed by atoms with E-state index in [1.54, 1.807) is 20.8 Å². The van der Waals surface area contributed by atoms with Gasteiger partial charge in [0.05, 0.1) is 0 Å². The van der Waals surface area contributed by atoms with Gasteiger partial charge in [-0.2, -0.15) is 0 Å². The molecule has 1 fully saturated rings. The molecule has 1 heterocycles. The maximum absolute atomic E-state index is 12.0. The molecule has 1 rings (SSSR count). The molecule has 6 heteroatoms. The molecule has 21 heavy (non-hydrogen) atoms. The fourth-order valence-electron chi connectivity index (χ4n) is 2.38. The van der Waals surface area contributed by atoms with Crippen LogP contribution < -0.4 is 0 Å². The van der Waals surface area contributed by atoms with Gasteiger partial charge in [-0.15, -0.1) is 0 Å². The number of carbonyl (C=O) groups is 2. The highest BCUT2D eigenvalue weighted by Crippen LogP contribution is 2.43. The van der Waals surface area contributed by atoms with Crippen molar-refractivity contribution in [3.63, 3.8) is 0 Å². The van der Waals surface area contributed by atoms with Crippen LogP contribution in [-0.2, 0) is 9.53 Å². The largest absolute Gasteiger partial charge is 0.443 e. The summed E-state index contributed by atoms with van der Waals surface area (Å²) >= 11 is 0. The number of carbonyl (C=O) groups excluding carboxylic acids is 2. The van der Waals surface area contributed by atoms with Gasteiger partial charge in [0.15, 0.2) is 8.32 Å². The SMILES string of the molecule is CC(C)(C)OC(=O)N1CC(CC(C)(C)[Si](C)(C)O)CC1=O. The summed E-state index contributed by atoms with van der Waals surface area (Å²) in [6, 6.07) is 0. The van der Waals surface area contributed by atoms with Crippen LogP contribution in [0.4, 0.5) is 4.79 Å². The van der Waals surface area contributed by atoms with E-state index in [1.165, 1.54) is 4.90 Å². The number of amides is 2. The molecule has 0 aliphatic carbocycles. The lowest BCUT2D eigenvalue weighted by atomic mass is 9.95.